The van der Waals surface area contributed by atoms with Gasteiger partial charge in [-0.1, -0.05) is 53.9 Å². The molecule has 0 atom stereocenters. The number of aromatic nitrogens is 3. The molecule has 0 fully saturated rings. The van der Waals surface area contributed by atoms with Gasteiger partial charge >= 0.3 is 0 Å². The minimum absolute atomic E-state index is 0.0573. The van der Waals surface area contributed by atoms with E-state index in [1.165, 1.54) is 0 Å². The normalized spacial score (nSPS) is 12.3. The lowest BCUT2D eigenvalue weighted by atomic mass is 10.1. The molecule has 0 saturated carbocycles. The molecule has 196 valence electrons. The number of nitrogens with zero attached hydrogens (tertiary/aromatic N) is 6. The number of rotatable bonds is 10. The average molecular weight is 590 g/mol. The molecule has 0 radical (unpaired) electrons. The lowest BCUT2D eigenvalue weighted by molar-refractivity contribution is 0.486. The van der Waals surface area contributed by atoms with Crippen LogP contribution in [-0.4, -0.2) is 59.0 Å². The summed E-state index contributed by atoms with van der Waals surface area (Å²) in [5, 5.41) is 9.21. The molecule has 0 aliphatic carbocycles. The van der Waals surface area contributed by atoms with E-state index in [1.807, 2.05) is 42.5 Å². The van der Waals surface area contributed by atoms with Gasteiger partial charge in [-0.3, -0.25) is 9.11 Å². The van der Waals surface area contributed by atoms with Crippen molar-refractivity contribution in [3.05, 3.63) is 66.7 Å². The van der Waals surface area contributed by atoms with Gasteiger partial charge in [0, 0.05) is 5.69 Å². The molecule has 1 heterocycles. The van der Waals surface area contributed by atoms with Crippen molar-refractivity contribution in [1.82, 2.24) is 15.0 Å². The van der Waals surface area contributed by atoms with E-state index < -0.39 is 30.4 Å². The molecule has 12 nitrogen and oxygen atoms in total. The monoisotopic (exact) mass is 590 g/mol. The van der Waals surface area contributed by atoms with Crippen LogP contribution < -0.4 is 4.81 Å². The van der Waals surface area contributed by atoms with Crippen LogP contribution in [0.25, 0.3) is 10.8 Å². The zero-order valence-corrected chi connectivity index (χ0v) is 22.9. The highest BCUT2D eigenvalue weighted by molar-refractivity contribution is 8.11. The second-order valence-electron chi connectivity index (χ2n) is 7.70. The van der Waals surface area contributed by atoms with Crippen molar-refractivity contribution >= 4 is 85.5 Å². The molecule has 0 aliphatic rings. The maximum absolute atomic E-state index is 11.1. The number of benzene rings is 3. The molecule has 0 aliphatic heterocycles. The number of hydrogen-bond donors (Lipinski definition) is 2. The highest BCUT2D eigenvalue weighted by Crippen LogP contribution is 2.28. The molecule has 3 aromatic carbocycles. The van der Waals surface area contributed by atoms with Gasteiger partial charge in [0.15, 0.2) is 10.3 Å². The minimum atomic E-state index is -4.31. The van der Waals surface area contributed by atoms with Crippen LogP contribution in [0.4, 0.5) is 23.0 Å². The van der Waals surface area contributed by atoms with Gasteiger partial charge in [0.05, 0.1) is 11.4 Å². The fraction of sp³-hybridized carbons (Fsp3) is 0.0952. The molecule has 4 rings (SSSR count). The third-order valence-electron chi connectivity index (χ3n) is 4.81. The smallest absolute Gasteiger partial charge is 0.274 e. The first-order valence-corrected chi connectivity index (χ1v) is 15.8. The molecule has 0 bridgehead atoms. The van der Waals surface area contributed by atoms with E-state index in [0.29, 0.717) is 40.6 Å². The largest absolute Gasteiger partial charge is 0.363 e. The van der Waals surface area contributed by atoms with Gasteiger partial charge < -0.3 is 4.81 Å². The minimum Gasteiger partial charge on any atom is -0.363 e. The molecule has 0 amide bonds. The summed E-state index contributed by atoms with van der Waals surface area (Å²) in [5.41, 5.74) is 1.94. The van der Waals surface area contributed by atoms with E-state index in [0.717, 1.165) is 10.8 Å². The Labute approximate surface area is 228 Å². The van der Waals surface area contributed by atoms with E-state index in [-0.39, 0.29) is 16.3 Å². The summed E-state index contributed by atoms with van der Waals surface area (Å²) in [4.78, 5) is 14.0. The maximum Gasteiger partial charge on any atom is 0.274 e. The summed E-state index contributed by atoms with van der Waals surface area (Å²) in [6.07, 6.45) is 0. The molecule has 0 unspecified atom stereocenters. The standard InChI is InChI=1S/C21H19BN6O6S4/c22-28(19-23-20(35-12-37(29,30)31)25-21(24-19)36-13-38(32,33)34)18-9-7-16(8-10-18)26-27-17-6-5-14-3-1-2-4-15(14)11-17/h1-11H,12-13,22H2,(H,29,30,31)(H,32,33,34). The van der Waals surface area contributed by atoms with Crippen LogP contribution in [0.3, 0.4) is 0 Å². The molecule has 17 heteroatoms. The molecular weight excluding hydrogens is 571 g/mol. The SMILES string of the molecule is BN(c1ccc(N=Nc2ccc3ccccc3c2)cc1)c1nc(SCS(=O)(=O)O)nc(SCS(=O)(=O)O)n1. The first-order valence-electron chi connectivity index (χ1n) is 10.6. The van der Waals surface area contributed by atoms with Crippen LogP contribution in [0.5, 0.6) is 0 Å². The number of fused-ring (bicyclic) bond motifs is 1. The number of anilines is 2. The number of azo groups is 1. The van der Waals surface area contributed by atoms with E-state index >= 15 is 0 Å². The third-order valence-corrected chi connectivity index (χ3v) is 9.01. The zero-order valence-electron chi connectivity index (χ0n) is 19.6. The van der Waals surface area contributed by atoms with Crippen molar-refractivity contribution in [1.29, 1.82) is 0 Å². The fourth-order valence-electron chi connectivity index (χ4n) is 3.07. The molecule has 2 N–H and O–H groups in total. The van der Waals surface area contributed by atoms with Gasteiger partial charge in [0.2, 0.25) is 13.9 Å². The van der Waals surface area contributed by atoms with Gasteiger partial charge in [0.25, 0.3) is 20.2 Å². The predicted molar refractivity (Wildman–Crippen MR) is 150 cm³/mol. The van der Waals surface area contributed by atoms with Gasteiger partial charge in [-0.05, 0) is 47.2 Å². The van der Waals surface area contributed by atoms with Crippen molar-refractivity contribution in [3.8, 4) is 0 Å². The number of hydrogen-bond acceptors (Lipinski definition) is 12. The summed E-state index contributed by atoms with van der Waals surface area (Å²) >= 11 is 1.26. The summed E-state index contributed by atoms with van der Waals surface area (Å²) in [6, 6.07) is 20.7. The van der Waals surface area contributed by atoms with Gasteiger partial charge in [-0.25, -0.2) is 0 Å². The first kappa shape index (κ1) is 27.9. The van der Waals surface area contributed by atoms with Crippen LogP contribution in [-0.2, 0) is 20.2 Å². The average Bonchev–Trinajstić information content (AvgIpc) is 2.88. The van der Waals surface area contributed by atoms with Gasteiger partial charge in [-0.15, -0.1) is 0 Å². The highest BCUT2D eigenvalue weighted by Gasteiger charge is 2.16. The quantitative estimate of drug-likeness (QED) is 0.118. The van der Waals surface area contributed by atoms with Crippen molar-refractivity contribution in [2.45, 2.75) is 10.3 Å². The molecule has 38 heavy (non-hydrogen) atoms. The molecule has 0 spiro atoms. The Morgan fingerprint density at radius 1 is 0.737 bits per heavy atom. The molecular formula is C21H19BN6O6S4. The van der Waals surface area contributed by atoms with E-state index in [9.17, 15) is 16.8 Å². The van der Waals surface area contributed by atoms with Crippen LogP contribution in [0.2, 0.25) is 0 Å². The molecule has 1 aromatic heterocycles. The first-order chi connectivity index (χ1) is 17.9. The van der Waals surface area contributed by atoms with E-state index in [1.54, 1.807) is 37.1 Å². The Morgan fingerprint density at radius 2 is 1.26 bits per heavy atom. The van der Waals surface area contributed by atoms with Crippen molar-refractivity contribution in [2.75, 3.05) is 15.0 Å². The number of thioether (sulfide) groups is 2. The second-order valence-corrected chi connectivity index (χ2v) is 13.2. The Bertz CT molecular complexity index is 1650. The van der Waals surface area contributed by atoms with Gasteiger partial charge in [-0.2, -0.15) is 42.0 Å². The van der Waals surface area contributed by atoms with E-state index in [4.69, 9.17) is 9.11 Å². The summed E-state index contributed by atoms with van der Waals surface area (Å²) in [6.45, 7) is 0. The zero-order chi connectivity index (χ0) is 27.3. The molecule has 0 saturated heterocycles. The van der Waals surface area contributed by atoms with Crippen molar-refractivity contribution in [3.63, 3.8) is 0 Å². The maximum atomic E-state index is 11.1. The van der Waals surface area contributed by atoms with Crippen LogP contribution in [0.1, 0.15) is 0 Å². The van der Waals surface area contributed by atoms with Crippen molar-refractivity contribution < 1.29 is 25.9 Å². The molecule has 4 aromatic rings. The van der Waals surface area contributed by atoms with Crippen LogP contribution in [0, 0.1) is 0 Å². The third kappa shape index (κ3) is 8.21. The Kier molecular flexibility index (Phi) is 8.64. The fourth-order valence-corrected chi connectivity index (χ4v) is 5.76. The van der Waals surface area contributed by atoms with Crippen LogP contribution in [0.15, 0.2) is 87.3 Å². The Balaban J connectivity index is 1.54. The predicted octanol–water partition coefficient (Wildman–Crippen LogP) is 4.00. The van der Waals surface area contributed by atoms with Gasteiger partial charge in [0.1, 0.15) is 10.2 Å². The topological polar surface area (TPSA) is 175 Å². The van der Waals surface area contributed by atoms with E-state index in [2.05, 4.69) is 25.2 Å². The lowest BCUT2D eigenvalue weighted by Gasteiger charge is -2.18. The Hall–Kier alpha value is -3.09. The summed E-state index contributed by atoms with van der Waals surface area (Å²) < 4.78 is 62.6. The van der Waals surface area contributed by atoms with Crippen LogP contribution >= 0.6 is 23.5 Å². The highest BCUT2D eigenvalue weighted by atomic mass is 32.3. The van der Waals surface area contributed by atoms with Crippen molar-refractivity contribution in [2.24, 2.45) is 10.2 Å². The summed E-state index contributed by atoms with van der Waals surface area (Å²) in [5.74, 6) is 0.0845. The summed E-state index contributed by atoms with van der Waals surface area (Å²) in [7, 11) is -6.97. The lowest BCUT2D eigenvalue weighted by Crippen LogP contribution is -2.17. The Morgan fingerprint density at radius 3 is 1.84 bits per heavy atom. The second kappa shape index (κ2) is 11.8.